The molecule has 0 bridgehead atoms. The second kappa shape index (κ2) is 3.51. The van der Waals surface area contributed by atoms with Crippen molar-refractivity contribution in [2.75, 3.05) is 13.2 Å². The lowest BCUT2D eigenvalue weighted by Gasteiger charge is -2.21. The summed E-state index contributed by atoms with van der Waals surface area (Å²) in [7, 11) is 0. The van der Waals surface area contributed by atoms with Gasteiger partial charge < -0.3 is 0 Å². The van der Waals surface area contributed by atoms with Gasteiger partial charge in [0.25, 0.3) is 0 Å². The summed E-state index contributed by atoms with van der Waals surface area (Å²) in [6.45, 7) is 3.82. The van der Waals surface area contributed by atoms with Crippen molar-refractivity contribution in [2.24, 2.45) is 0 Å². The number of hydroxylamine groups is 2. The third-order valence-corrected chi connectivity index (χ3v) is 1.32. The fraction of sp³-hybridized carbons (Fsp3) is 0.714. The first-order chi connectivity index (χ1) is 4.43. The highest BCUT2D eigenvalue weighted by molar-refractivity contribution is 4.83. The topological polar surface area (TPSA) is 12.5 Å². The van der Waals surface area contributed by atoms with Crippen LogP contribution in [0.1, 0.15) is 19.8 Å². The summed E-state index contributed by atoms with van der Waals surface area (Å²) in [6, 6.07) is 0. The zero-order valence-electron chi connectivity index (χ0n) is 5.84. The van der Waals surface area contributed by atoms with Crippen LogP contribution in [0.25, 0.3) is 0 Å². The number of nitrogens with zero attached hydrogens (tertiary/aromatic N) is 1. The SMILES string of the molecule is CCON1C=CCCC1. The highest BCUT2D eigenvalue weighted by atomic mass is 16.7. The molecule has 0 aromatic carbocycles. The molecule has 0 saturated heterocycles. The zero-order chi connectivity index (χ0) is 6.53. The first-order valence-electron chi connectivity index (χ1n) is 3.49. The Balaban J connectivity index is 2.23. The second-order valence-electron chi connectivity index (χ2n) is 2.09. The molecule has 0 N–H and O–H groups in total. The van der Waals surface area contributed by atoms with Crippen LogP contribution in [0.3, 0.4) is 0 Å². The quantitative estimate of drug-likeness (QED) is 0.558. The average Bonchev–Trinajstić information content (AvgIpc) is 1.91. The van der Waals surface area contributed by atoms with E-state index in [1.807, 2.05) is 18.2 Å². The molecule has 0 amide bonds. The zero-order valence-corrected chi connectivity index (χ0v) is 5.84. The van der Waals surface area contributed by atoms with Gasteiger partial charge in [0.15, 0.2) is 0 Å². The van der Waals surface area contributed by atoms with E-state index in [1.165, 1.54) is 12.8 Å². The molecule has 0 saturated carbocycles. The summed E-state index contributed by atoms with van der Waals surface area (Å²) in [5, 5.41) is 1.89. The van der Waals surface area contributed by atoms with Crippen molar-refractivity contribution in [3.05, 3.63) is 12.3 Å². The fourth-order valence-corrected chi connectivity index (χ4v) is 0.905. The monoisotopic (exact) mass is 127 g/mol. The molecule has 0 aromatic rings. The van der Waals surface area contributed by atoms with Crippen LogP contribution in [0.2, 0.25) is 0 Å². The van der Waals surface area contributed by atoms with Crippen molar-refractivity contribution >= 4 is 0 Å². The normalized spacial score (nSPS) is 18.6. The molecule has 0 unspecified atom stereocenters. The molecule has 1 aliphatic rings. The van der Waals surface area contributed by atoms with E-state index in [0.29, 0.717) is 0 Å². The minimum Gasteiger partial charge on any atom is -0.274 e. The first kappa shape index (κ1) is 6.62. The van der Waals surface area contributed by atoms with E-state index in [2.05, 4.69) is 6.08 Å². The Morgan fingerprint density at radius 2 is 2.56 bits per heavy atom. The molecule has 2 nitrogen and oxygen atoms in total. The standard InChI is InChI=1S/C7H13NO/c1-2-9-8-6-4-3-5-7-8/h4,6H,2-3,5,7H2,1H3. The maximum Gasteiger partial charge on any atom is 0.0720 e. The average molecular weight is 127 g/mol. The molecule has 0 fully saturated rings. The molecule has 0 spiro atoms. The van der Waals surface area contributed by atoms with Gasteiger partial charge in [0.2, 0.25) is 0 Å². The molecular formula is C7H13NO. The van der Waals surface area contributed by atoms with Crippen molar-refractivity contribution in [1.29, 1.82) is 0 Å². The molecule has 9 heavy (non-hydrogen) atoms. The van der Waals surface area contributed by atoms with Gasteiger partial charge in [-0.2, -0.15) is 0 Å². The number of hydrogen-bond donors (Lipinski definition) is 0. The van der Waals surface area contributed by atoms with E-state index in [9.17, 15) is 0 Å². The lowest BCUT2D eigenvalue weighted by Crippen LogP contribution is -2.21. The fourth-order valence-electron chi connectivity index (χ4n) is 0.905. The van der Waals surface area contributed by atoms with Crippen molar-refractivity contribution in [3.8, 4) is 0 Å². The number of hydrogen-bond acceptors (Lipinski definition) is 2. The number of rotatable bonds is 2. The maximum absolute atomic E-state index is 5.23. The summed E-state index contributed by atoms with van der Waals surface area (Å²) in [4.78, 5) is 5.23. The molecule has 1 rings (SSSR count). The minimum atomic E-state index is 0.768. The van der Waals surface area contributed by atoms with E-state index in [4.69, 9.17) is 4.84 Å². The summed E-state index contributed by atoms with van der Waals surface area (Å²) in [6.07, 6.45) is 6.56. The summed E-state index contributed by atoms with van der Waals surface area (Å²) >= 11 is 0. The van der Waals surface area contributed by atoms with Gasteiger partial charge in [-0.1, -0.05) is 6.08 Å². The second-order valence-corrected chi connectivity index (χ2v) is 2.09. The Hall–Kier alpha value is -0.500. The molecule has 0 atom stereocenters. The van der Waals surface area contributed by atoms with E-state index in [1.54, 1.807) is 0 Å². The Morgan fingerprint density at radius 3 is 3.11 bits per heavy atom. The summed E-state index contributed by atoms with van der Waals surface area (Å²) in [5.41, 5.74) is 0. The van der Waals surface area contributed by atoms with Gasteiger partial charge in [0.1, 0.15) is 0 Å². The van der Waals surface area contributed by atoms with Crippen LogP contribution in [0.5, 0.6) is 0 Å². The van der Waals surface area contributed by atoms with Crippen LogP contribution in [-0.4, -0.2) is 18.2 Å². The van der Waals surface area contributed by atoms with Crippen molar-refractivity contribution in [3.63, 3.8) is 0 Å². The van der Waals surface area contributed by atoms with Crippen LogP contribution < -0.4 is 0 Å². The first-order valence-corrected chi connectivity index (χ1v) is 3.49. The van der Waals surface area contributed by atoms with Crippen LogP contribution in [0.4, 0.5) is 0 Å². The molecule has 0 aliphatic carbocycles. The van der Waals surface area contributed by atoms with Crippen LogP contribution in [-0.2, 0) is 4.84 Å². The predicted octanol–water partition coefficient (Wildman–Crippen LogP) is 1.55. The van der Waals surface area contributed by atoms with Gasteiger partial charge >= 0.3 is 0 Å². The van der Waals surface area contributed by atoms with E-state index in [0.717, 1.165) is 13.2 Å². The van der Waals surface area contributed by atoms with Gasteiger partial charge in [-0.15, -0.1) is 0 Å². The predicted molar refractivity (Wildman–Crippen MR) is 36.7 cm³/mol. The summed E-state index contributed by atoms with van der Waals surface area (Å²) < 4.78 is 0. The van der Waals surface area contributed by atoms with Crippen molar-refractivity contribution in [2.45, 2.75) is 19.8 Å². The lowest BCUT2D eigenvalue weighted by molar-refractivity contribution is -0.118. The lowest BCUT2D eigenvalue weighted by atomic mass is 10.2. The molecule has 0 aromatic heterocycles. The van der Waals surface area contributed by atoms with Crippen LogP contribution in [0.15, 0.2) is 12.3 Å². The third kappa shape index (κ3) is 2.06. The van der Waals surface area contributed by atoms with E-state index < -0.39 is 0 Å². The van der Waals surface area contributed by atoms with Gasteiger partial charge in [0, 0.05) is 12.7 Å². The maximum atomic E-state index is 5.23. The van der Waals surface area contributed by atoms with Gasteiger partial charge in [-0.05, 0) is 19.8 Å². The largest absolute Gasteiger partial charge is 0.274 e. The smallest absolute Gasteiger partial charge is 0.0720 e. The molecule has 0 radical (unpaired) electrons. The van der Waals surface area contributed by atoms with Gasteiger partial charge in [-0.25, -0.2) is 0 Å². The minimum absolute atomic E-state index is 0.768. The summed E-state index contributed by atoms with van der Waals surface area (Å²) in [5.74, 6) is 0. The van der Waals surface area contributed by atoms with Gasteiger partial charge in [0.05, 0.1) is 6.61 Å². The van der Waals surface area contributed by atoms with E-state index >= 15 is 0 Å². The molecule has 1 aliphatic heterocycles. The highest BCUT2D eigenvalue weighted by Gasteiger charge is 2.00. The Bertz CT molecular complexity index is 101. The number of allylic oxidation sites excluding steroid dienone is 1. The van der Waals surface area contributed by atoms with Crippen molar-refractivity contribution in [1.82, 2.24) is 5.06 Å². The van der Waals surface area contributed by atoms with E-state index in [-0.39, 0.29) is 0 Å². The van der Waals surface area contributed by atoms with Crippen LogP contribution in [0, 0.1) is 0 Å². The third-order valence-electron chi connectivity index (χ3n) is 1.32. The molecule has 1 heterocycles. The van der Waals surface area contributed by atoms with Crippen molar-refractivity contribution < 1.29 is 4.84 Å². The Kier molecular flexibility index (Phi) is 2.58. The molecule has 52 valence electrons. The Morgan fingerprint density at radius 1 is 1.67 bits per heavy atom. The van der Waals surface area contributed by atoms with Gasteiger partial charge in [-0.3, -0.25) is 9.90 Å². The highest BCUT2D eigenvalue weighted by Crippen LogP contribution is 2.04. The Labute approximate surface area is 56.1 Å². The molecular weight excluding hydrogens is 114 g/mol. The van der Waals surface area contributed by atoms with Crippen LogP contribution >= 0.6 is 0 Å². The molecule has 2 heteroatoms.